The van der Waals surface area contributed by atoms with Crippen molar-refractivity contribution < 1.29 is 4.74 Å². The van der Waals surface area contributed by atoms with Crippen molar-refractivity contribution in [3.05, 3.63) is 35.9 Å². The molecule has 0 spiro atoms. The van der Waals surface area contributed by atoms with Crippen molar-refractivity contribution in [2.45, 2.75) is 12.8 Å². The highest BCUT2D eigenvalue weighted by Gasteiger charge is 1.91. The lowest BCUT2D eigenvalue weighted by Gasteiger charge is -2.04. The van der Waals surface area contributed by atoms with E-state index in [9.17, 15) is 0 Å². The fraction of sp³-hybridized carbons (Fsp3) is 0.500. The molecule has 0 amide bonds. The van der Waals surface area contributed by atoms with Crippen molar-refractivity contribution in [2.75, 3.05) is 26.8 Å². The summed E-state index contributed by atoms with van der Waals surface area (Å²) in [5, 5.41) is 3.39. The second kappa shape index (κ2) is 9.97. The topological polar surface area (TPSA) is 21.3 Å². The van der Waals surface area contributed by atoms with Crippen molar-refractivity contribution >= 4 is 12.4 Å². The molecule has 1 N–H and O–H groups in total. The Hall–Kier alpha value is -0.570. The Kier molecular flexibility index (Phi) is 9.59. The first-order chi connectivity index (χ1) is 6.93. The molecule has 1 aromatic rings. The molecular formula is C12H20ClNO. The highest BCUT2D eigenvalue weighted by molar-refractivity contribution is 5.85. The van der Waals surface area contributed by atoms with Crippen LogP contribution in [-0.2, 0) is 11.2 Å². The van der Waals surface area contributed by atoms with Gasteiger partial charge in [0.15, 0.2) is 0 Å². The summed E-state index contributed by atoms with van der Waals surface area (Å²) in [7, 11) is 1.74. The van der Waals surface area contributed by atoms with Crippen LogP contribution < -0.4 is 5.32 Å². The van der Waals surface area contributed by atoms with Gasteiger partial charge in [0.2, 0.25) is 0 Å². The van der Waals surface area contributed by atoms with Gasteiger partial charge in [0.25, 0.3) is 0 Å². The van der Waals surface area contributed by atoms with E-state index in [1.165, 1.54) is 5.56 Å². The van der Waals surface area contributed by atoms with Gasteiger partial charge in [0, 0.05) is 13.7 Å². The molecule has 1 aromatic carbocycles. The lowest BCUT2D eigenvalue weighted by molar-refractivity contribution is 0.194. The molecule has 86 valence electrons. The fourth-order valence-corrected chi connectivity index (χ4v) is 1.34. The molecule has 0 bridgehead atoms. The Morgan fingerprint density at radius 1 is 1.13 bits per heavy atom. The Bertz CT molecular complexity index is 228. The number of methoxy groups -OCH3 is 1. The van der Waals surface area contributed by atoms with E-state index in [4.69, 9.17) is 4.74 Å². The summed E-state index contributed by atoms with van der Waals surface area (Å²) in [6, 6.07) is 10.5. The van der Waals surface area contributed by atoms with E-state index >= 15 is 0 Å². The lowest BCUT2D eigenvalue weighted by atomic mass is 10.1. The summed E-state index contributed by atoms with van der Waals surface area (Å²) in [6.45, 7) is 2.94. The van der Waals surface area contributed by atoms with Crippen molar-refractivity contribution in [1.82, 2.24) is 5.32 Å². The predicted octanol–water partition coefficient (Wildman–Crippen LogP) is 2.28. The molecule has 1 rings (SSSR count). The van der Waals surface area contributed by atoms with Crippen molar-refractivity contribution in [2.24, 2.45) is 0 Å². The van der Waals surface area contributed by atoms with Crippen LogP contribution in [0.4, 0.5) is 0 Å². The third-order valence-corrected chi connectivity index (χ3v) is 2.14. The maximum Gasteiger partial charge on any atom is 0.0474 e. The summed E-state index contributed by atoms with van der Waals surface area (Å²) in [4.78, 5) is 0. The largest absolute Gasteiger partial charge is 0.385 e. The first-order valence-corrected chi connectivity index (χ1v) is 5.17. The quantitative estimate of drug-likeness (QED) is 0.725. The van der Waals surface area contributed by atoms with E-state index in [-0.39, 0.29) is 12.4 Å². The molecule has 0 saturated heterocycles. The minimum atomic E-state index is 0. The van der Waals surface area contributed by atoms with Crippen molar-refractivity contribution in [1.29, 1.82) is 0 Å². The summed E-state index contributed by atoms with van der Waals surface area (Å²) in [5.41, 5.74) is 1.40. The number of hydrogen-bond acceptors (Lipinski definition) is 2. The van der Waals surface area contributed by atoms with E-state index in [0.29, 0.717) is 0 Å². The number of nitrogens with one attached hydrogen (secondary N) is 1. The number of hydrogen-bond donors (Lipinski definition) is 1. The van der Waals surface area contributed by atoms with E-state index < -0.39 is 0 Å². The fourth-order valence-electron chi connectivity index (χ4n) is 1.34. The molecular weight excluding hydrogens is 210 g/mol. The third kappa shape index (κ3) is 7.37. The zero-order valence-electron chi connectivity index (χ0n) is 9.24. The SMILES string of the molecule is COCCCNCCc1ccccc1.Cl. The zero-order valence-corrected chi connectivity index (χ0v) is 10.1. The van der Waals surface area contributed by atoms with Gasteiger partial charge in [-0.25, -0.2) is 0 Å². The van der Waals surface area contributed by atoms with Gasteiger partial charge in [-0.2, -0.15) is 0 Å². The Balaban J connectivity index is 0.00000196. The zero-order chi connectivity index (χ0) is 10.1. The van der Waals surface area contributed by atoms with E-state index in [1.54, 1.807) is 7.11 Å². The summed E-state index contributed by atoms with van der Waals surface area (Å²) in [6.07, 6.45) is 2.19. The Morgan fingerprint density at radius 2 is 1.87 bits per heavy atom. The van der Waals surface area contributed by atoms with Crippen LogP contribution in [0.15, 0.2) is 30.3 Å². The van der Waals surface area contributed by atoms with Crippen LogP contribution >= 0.6 is 12.4 Å². The second-order valence-corrected chi connectivity index (χ2v) is 3.33. The molecule has 0 atom stereocenters. The van der Waals surface area contributed by atoms with Gasteiger partial charge in [-0.3, -0.25) is 0 Å². The number of ether oxygens (including phenoxy) is 1. The van der Waals surface area contributed by atoms with Gasteiger partial charge in [0.05, 0.1) is 0 Å². The summed E-state index contributed by atoms with van der Waals surface area (Å²) in [5.74, 6) is 0. The molecule has 0 saturated carbocycles. The number of rotatable bonds is 7. The molecule has 0 aliphatic carbocycles. The van der Waals surface area contributed by atoms with Crippen molar-refractivity contribution in [3.63, 3.8) is 0 Å². The van der Waals surface area contributed by atoms with Gasteiger partial charge in [0.1, 0.15) is 0 Å². The molecule has 0 aromatic heterocycles. The van der Waals surface area contributed by atoms with Crippen LogP contribution in [0, 0.1) is 0 Å². The smallest absolute Gasteiger partial charge is 0.0474 e. The van der Waals surface area contributed by atoms with Gasteiger partial charge in [-0.15, -0.1) is 12.4 Å². The van der Waals surface area contributed by atoms with E-state index in [0.717, 1.165) is 32.5 Å². The molecule has 0 fully saturated rings. The second-order valence-electron chi connectivity index (χ2n) is 3.33. The van der Waals surface area contributed by atoms with Gasteiger partial charge in [-0.05, 0) is 31.5 Å². The van der Waals surface area contributed by atoms with Gasteiger partial charge < -0.3 is 10.1 Å². The molecule has 2 nitrogen and oxygen atoms in total. The average Bonchev–Trinajstić information content (AvgIpc) is 2.25. The summed E-state index contributed by atoms with van der Waals surface area (Å²) < 4.78 is 4.97. The molecule has 0 aliphatic heterocycles. The standard InChI is InChI=1S/C12H19NO.ClH/c1-14-11-5-9-13-10-8-12-6-3-2-4-7-12;/h2-4,6-7,13H,5,8-11H2,1H3;1H. The Labute approximate surface area is 98.4 Å². The lowest BCUT2D eigenvalue weighted by Crippen LogP contribution is -2.19. The van der Waals surface area contributed by atoms with E-state index in [1.807, 2.05) is 0 Å². The first-order valence-electron chi connectivity index (χ1n) is 5.17. The number of benzene rings is 1. The van der Waals surface area contributed by atoms with Crippen LogP contribution in [0.5, 0.6) is 0 Å². The van der Waals surface area contributed by atoms with Crippen LogP contribution in [0.25, 0.3) is 0 Å². The van der Waals surface area contributed by atoms with E-state index in [2.05, 4.69) is 35.6 Å². The highest BCUT2D eigenvalue weighted by Crippen LogP contribution is 1.97. The van der Waals surface area contributed by atoms with Crippen LogP contribution in [0.1, 0.15) is 12.0 Å². The van der Waals surface area contributed by atoms with Crippen LogP contribution in [-0.4, -0.2) is 26.8 Å². The molecule has 15 heavy (non-hydrogen) atoms. The molecule has 3 heteroatoms. The van der Waals surface area contributed by atoms with Crippen LogP contribution in [0.2, 0.25) is 0 Å². The third-order valence-electron chi connectivity index (χ3n) is 2.14. The molecule has 0 radical (unpaired) electrons. The van der Waals surface area contributed by atoms with Gasteiger partial charge in [-0.1, -0.05) is 30.3 Å². The van der Waals surface area contributed by atoms with Crippen LogP contribution in [0.3, 0.4) is 0 Å². The highest BCUT2D eigenvalue weighted by atomic mass is 35.5. The first kappa shape index (κ1) is 14.4. The molecule has 0 aliphatic rings. The molecule has 0 unspecified atom stereocenters. The minimum absolute atomic E-state index is 0. The Morgan fingerprint density at radius 3 is 2.53 bits per heavy atom. The molecule has 0 heterocycles. The average molecular weight is 230 g/mol. The van der Waals surface area contributed by atoms with Crippen molar-refractivity contribution in [3.8, 4) is 0 Å². The number of halogens is 1. The maximum atomic E-state index is 4.97. The minimum Gasteiger partial charge on any atom is -0.385 e. The van der Waals surface area contributed by atoms with Gasteiger partial charge >= 0.3 is 0 Å². The summed E-state index contributed by atoms with van der Waals surface area (Å²) >= 11 is 0. The monoisotopic (exact) mass is 229 g/mol. The normalized spacial score (nSPS) is 9.67. The predicted molar refractivity (Wildman–Crippen MR) is 66.8 cm³/mol. The maximum absolute atomic E-state index is 4.97.